The summed E-state index contributed by atoms with van der Waals surface area (Å²) in [6.07, 6.45) is 15.6. The Balaban J connectivity index is 2.13. The second-order valence-electron chi connectivity index (χ2n) is 8.36. The van der Waals surface area contributed by atoms with Crippen molar-refractivity contribution in [1.29, 1.82) is 0 Å². The van der Waals surface area contributed by atoms with Gasteiger partial charge in [0, 0.05) is 11.9 Å². The molecule has 2 aromatic rings. The summed E-state index contributed by atoms with van der Waals surface area (Å²) < 4.78 is 0. The molecule has 0 aromatic heterocycles. The van der Waals surface area contributed by atoms with Gasteiger partial charge in [0.1, 0.15) is 0 Å². The van der Waals surface area contributed by atoms with Gasteiger partial charge in [-0.1, -0.05) is 98.0 Å². The average molecular weight is 430 g/mol. The SMILES string of the molecule is C#CCN1C=C(/C=C/C(=C)/C(C(=C)C)=C(\c2ccccc2)c2cc(C)ccc2C)C=CC1=C. The van der Waals surface area contributed by atoms with E-state index in [1.54, 1.807) is 0 Å². The minimum absolute atomic E-state index is 0.489. The van der Waals surface area contributed by atoms with E-state index in [1.165, 1.54) is 16.7 Å². The van der Waals surface area contributed by atoms with Gasteiger partial charge in [-0.25, -0.2) is 0 Å². The molecule has 1 nitrogen and oxygen atoms in total. The van der Waals surface area contributed by atoms with E-state index in [9.17, 15) is 0 Å². The van der Waals surface area contributed by atoms with Gasteiger partial charge >= 0.3 is 0 Å². The van der Waals surface area contributed by atoms with E-state index in [0.29, 0.717) is 6.54 Å². The Morgan fingerprint density at radius 3 is 2.45 bits per heavy atom. The smallest absolute Gasteiger partial charge is 0.0834 e. The van der Waals surface area contributed by atoms with Crippen LogP contribution in [0.1, 0.15) is 29.2 Å². The summed E-state index contributed by atoms with van der Waals surface area (Å²) in [7, 11) is 0. The van der Waals surface area contributed by atoms with Gasteiger partial charge in [-0.2, -0.15) is 0 Å². The maximum atomic E-state index is 5.49. The predicted molar refractivity (Wildman–Crippen MR) is 143 cm³/mol. The predicted octanol–water partition coefficient (Wildman–Crippen LogP) is 7.70. The van der Waals surface area contributed by atoms with Gasteiger partial charge in [-0.05, 0) is 71.4 Å². The maximum absolute atomic E-state index is 5.49. The molecule has 3 rings (SSSR count). The zero-order chi connectivity index (χ0) is 24.0. The summed E-state index contributed by atoms with van der Waals surface area (Å²) in [5.74, 6) is 2.67. The van der Waals surface area contributed by atoms with E-state index in [-0.39, 0.29) is 0 Å². The molecule has 0 amide bonds. The van der Waals surface area contributed by atoms with Crippen molar-refractivity contribution in [3.05, 3.63) is 149 Å². The Hall–Kier alpha value is -4.02. The number of rotatable bonds is 7. The van der Waals surface area contributed by atoms with Crippen molar-refractivity contribution in [2.45, 2.75) is 20.8 Å². The highest BCUT2D eigenvalue weighted by atomic mass is 15.1. The number of hydrogen-bond donors (Lipinski definition) is 0. The number of terminal acetylenes is 1. The summed E-state index contributed by atoms with van der Waals surface area (Å²) in [5, 5.41) is 0. The molecule has 0 fully saturated rings. The van der Waals surface area contributed by atoms with E-state index in [1.807, 2.05) is 36.2 Å². The van der Waals surface area contributed by atoms with E-state index in [0.717, 1.165) is 39.1 Å². The molecule has 0 saturated carbocycles. The number of allylic oxidation sites excluding steroid dienone is 8. The lowest BCUT2D eigenvalue weighted by atomic mass is 9.84. The third-order valence-corrected chi connectivity index (χ3v) is 5.60. The molecule has 0 bridgehead atoms. The van der Waals surface area contributed by atoms with Crippen LogP contribution in [0.3, 0.4) is 0 Å². The van der Waals surface area contributed by atoms with Crippen molar-refractivity contribution in [2.75, 3.05) is 6.54 Å². The molecule has 1 aliphatic heterocycles. The van der Waals surface area contributed by atoms with Crippen molar-refractivity contribution in [3.63, 3.8) is 0 Å². The molecule has 0 radical (unpaired) electrons. The molecule has 0 unspecified atom stereocenters. The molecule has 33 heavy (non-hydrogen) atoms. The first-order valence-electron chi connectivity index (χ1n) is 11.0. The second-order valence-corrected chi connectivity index (χ2v) is 8.36. The first-order chi connectivity index (χ1) is 15.8. The highest BCUT2D eigenvalue weighted by Crippen LogP contribution is 2.36. The molecule has 164 valence electrons. The summed E-state index contributed by atoms with van der Waals surface area (Å²) in [6, 6.07) is 17.0. The van der Waals surface area contributed by atoms with Gasteiger partial charge in [0.25, 0.3) is 0 Å². The van der Waals surface area contributed by atoms with Crippen LogP contribution in [-0.2, 0) is 0 Å². The number of benzene rings is 2. The zero-order valence-electron chi connectivity index (χ0n) is 19.9. The van der Waals surface area contributed by atoms with Gasteiger partial charge in [0.05, 0.1) is 6.54 Å². The molecule has 1 heterocycles. The van der Waals surface area contributed by atoms with Crippen molar-refractivity contribution >= 4 is 5.57 Å². The van der Waals surface area contributed by atoms with Gasteiger partial charge in [-0.15, -0.1) is 6.42 Å². The molecule has 0 saturated heterocycles. The van der Waals surface area contributed by atoms with Crippen molar-refractivity contribution < 1.29 is 0 Å². The van der Waals surface area contributed by atoms with Crippen LogP contribution in [0, 0.1) is 26.2 Å². The molecule has 0 aliphatic carbocycles. The van der Waals surface area contributed by atoms with Crippen molar-refractivity contribution in [3.8, 4) is 12.3 Å². The Bertz CT molecular complexity index is 1250. The first-order valence-corrected chi connectivity index (χ1v) is 11.0. The lowest BCUT2D eigenvalue weighted by Gasteiger charge is -2.22. The van der Waals surface area contributed by atoms with Crippen LogP contribution in [0.25, 0.3) is 5.57 Å². The Morgan fingerprint density at radius 2 is 1.79 bits per heavy atom. The molecule has 1 heteroatoms. The van der Waals surface area contributed by atoms with Crippen LogP contribution in [-0.4, -0.2) is 11.4 Å². The van der Waals surface area contributed by atoms with Gasteiger partial charge < -0.3 is 4.90 Å². The highest BCUT2D eigenvalue weighted by molar-refractivity contribution is 5.89. The quantitative estimate of drug-likeness (QED) is 0.322. The summed E-state index contributed by atoms with van der Waals surface area (Å²) >= 11 is 0. The molecule has 0 atom stereocenters. The van der Waals surface area contributed by atoms with Gasteiger partial charge in [0.2, 0.25) is 0 Å². The van der Waals surface area contributed by atoms with E-state index in [2.05, 4.69) is 94.1 Å². The fourth-order valence-electron chi connectivity index (χ4n) is 3.91. The average Bonchev–Trinajstić information content (AvgIpc) is 2.80. The monoisotopic (exact) mass is 429 g/mol. The first kappa shape index (κ1) is 23.6. The topological polar surface area (TPSA) is 3.24 Å². The highest BCUT2D eigenvalue weighted by Gasteiger charge is 2.16. The maximum Gasteiger partial charge on any atom is 0.0834 e. The summed E-state index contributed by atoms with van der Waals surface area (Å²) in [5.41, 5.74) is 10.8. The van der Waals surface area contributed by atoms with E-state index in [4.69, 9.17) is 6.42 Å². The van der Waals surface area contributed by atoms with Crippen molar-refractivity contribution in [2.24, 2.45) is 0 Å². The van der Waals surface area contributed by atoms with E-state index >= 15 is 0 Å². The van der Waals surface area contributed by atoms with Gasteiger partial charge in [-0.3, -0.25) is 0 Å². The summed E-state index contributed by atoms with van der Waals surface area (Å²) in [6.45, 7) is 19.6. The Labute approximate surface area is 199 Å². The van der Waals surface area contributed by atoms with Crippen LogP contribution in [0.4, 0.5) is 0 Å². The number of hydrogen-bond acceptors (Lipinski definition) is 1. The normalized spacial score (nSPS) is 14.1. The molecular weight excluding hydrogens is 398 g/mol. The fourth-order valence-corrected chi connectivity index (χ4v) is 3.91. The molecule has 0 spiro atoms. The van der Waals surface area contributed by atoms with Crippen LogP contribution in [0.5, 0.6) is 0 Å². The van der Waals surface area contributed by atoms with Gasteiger partial charge in [0.15, 0.2) is 0 Å². The Kier molecular flexibility index (Phi) is 7.54. The van der Waals surface area contributed by atoms with Crippen LogP contribution >= 0.6 is 0 Å². The third-order valence-electron chi connectivity index (χ3n) is 5.60. The molecule has 1 aliphatic rings. The van der Waals surface area contributed by atoms with E-state index < -0.39 is 0 Å². The minimum Gasteiger partial charge on any atom is -0.336 e. The molecular formula is C32H31N. The molecule has 0 N–H and O–H groups in total. The zero-order valence-corrected chi connectivity index (χ0v) is 19.9. The minimum atomic E-state index is 0.489. The molecule has 2 aromatic carbocycles. The Morgan fingerprint density at radius 1 is 1.06 bits per heavy atom. The fraction of sp³-hybridized carbons (Fsp3) is 0.125. The van der Waals surface area contributed by atoms with Crippen LogP contribution < -0.4 is 0 Å². The lowest BCUT2D eigenvalue weighted by Crippen LogP contribution is -2.17. The van der Waals surface area contributed by atoms with Crippen LogP contribution in [0.15, 0.2) is 127 Å². The largest absolute Gasteiger partial charge is 0.336 e. The number of nitrogens with zero attached hydrogens (tertiary/aromatic N) is 1. The third kappa shape index (κ3) is 5.62. The van der Waals surface area contributed by atoms with Crippen molar-refractivity contribution in [1.82, 2.24) is 4.90 Å². The standard InChI is InChI=1S/C32H31N/c1-8-20-33-22-28(19-17-27(33)7)18-16-26(6)31(23(2)3)32(29-12-10-9-11-13-29)30-21-24(4)14-15-25(30)5/h1,9-19,21-22H,2,6-7,20H2,3-5H3/b18-16+,32-31+. The number of aryl methyl sites for hydroxylation is 2. The summed E-state index contributed by atoms with van der Waals surface area (Å²) in [4.78, 5) is 1.96. The second kappa shape index (κ2) is 10.5. The lowest BCUT2D eigenvalue weighted by molar-refractivity contribution is 0.537. The van der Waals surface area contributed by atoms with Crippen LogP contribution in [0.2, 0.25) is 0 Å².